The molecule has 15 rings (SSSR count). The molecule has 9 aliphatic rings. The summed E-state index contributed by atoms with van der Waals surface area (Å²) in [6.45, 7) is 25.0. The van der Waals surface area contributed by atoms with Crippen LogP contribution in [0.4, 0.5) is 13.2 Å². The maximum Gasteiger partial charge on any atom is 0.307 e. The quantitative estimate of drug-likeness (QED) is 0.0737. The van der Waals surface area contributed by atoms with E-state index in [-0.39, 0.29) is 149 Å². The van der Waals surface area contributed by atoms with Crippen molar-refractivity contribution in [1.82, 2.24) is 44.6 Å². The molecule has 3 aromatic heterocycles. The summed E-state index contributed by atoms with van der Waals surface area (Å²) in [6, 6.07) is 11.7. The van der Waals surface area contributed by atoms with Gasteiger partial charge in [-0.15, -0.1) is 0 Å². The summed E-state index contributed by atoms with van der Waals surface area (Å²) in [5.41, 5.74) is -4.34. The van der Waals surface area contributed by atoms with Gasteiger partial charge in [0.25, 0.3) is 0 Å². The zero-order valence-electron chi connectivity index (χ0n) is 81.5. The van der Waals surface area contributed by atoms with Crippen LogP contribution in [0, 0.1) is 51.8 Å². The van der Waals surface area contributed by atoms with E-state index in [1.165, 1.54) is 14.7 Å². The van der Waals surface area contributed by atoms with Crippen LogP contribution in [-0.4, -0.2) is 211 Å². The van der Waals surface area contributed by atoms with Crippen LogP contribution in [0.3, 0.4) is 0 Å². The van der Waals surface area contributed by atoms with Crippen molar-refractivity contribution in [3.63, 3.8) is 0 Å². The average molecular weight is 1990 g/mol. The molecule has 3 saturated heterocycles. The minimum Gasteiger partial charge on any atom is -0.540 e. The Hall–Kier alpha value is -8.15. The molecule has 6 bridgehead atoms. The number of amides is 3. The second kappa shape index (κ2) is 45.0. The number of ether oxygens (including phenoxy) is 9. The van der Waals surface area contributed by atoms with Gasteiger partial charge in [0.15, 0.2) is 18.3 Å². The number of aromatic nitrogens is 6. The van der Waals surface area contributed by atoms with Crippen molar-refractivity contribution in [1.29, 1.82) is 0 Å². The topological polar surface area (TPSA) is 324 Å². The monoisotopic (exact) mass is 1980 g/mol. The number of alkyl halides is 3. The Morgan fingerprint density at radius 1 is 0.400 bits per heavy atom. The first-order valence-corrected chi connectivity index (χ1v) is 47.9. The average Bonchev–Trinajstić information content (AvgIpc) is 1.59. The number of halogens is 3. The van der Waals surface area contributed by atoms with Gasteiger partial charge in [-0.25, -0.2) is 61.9 Å². The summed E-state index contributed by atoms with van der Waals surface area (Å²) >= 11 is 0. The van der Waals surface area contributed by atoms with E-state index < -0.39 is 134 Å². The van der Waals surface area contributed by atoms with Gasteiger partial charge in [-0.2, -0.15) is 0 Å². The number of benzene rings is 3. The minimum atomic E-state index is -2.23. The summed E-state index contributed by atoms with van der Waals surface area (Å²) < 4.78 is 104. The second-order valence-electron chi connectivity index (χ2n) is 41.6. The van der Waals surface area contributed by atoms with Crippen molar-refractivity contribution < 1.29 is 155 Å². The Labute approximate surface area is 828 Å². The number of carbonyl (C=O) groups excluding carboxylic acids is 9. The largest absolute Gasteiger partial charge is 0.540 e. The first kappa shape index (κ1) is 109. The van der Waals surface area contributed by atoms with Crippen molar-refractivity contribution in [2.75, 3.05) is 41.0 Å². The Morgan fingerprint density at radius 2 is 0.726 bits per heavy atom. The van der Waals surface area contributed by atoms with Gasteiger partial charge in [-0.05, 0) is 218 Å². The third-order valence-corrected chi connectivity index (χ3v) is 29.9. The summed E-state index contributed by atoms with van der Waals surface area (Å²) in [5.74, 6) is -2.10. The summed E-state index contributed by atoms with van der Waals surface area (Å²) in [6.07, 6.45) is 20.1. The van der Waals surface area contributed by atoms with E-state index in [0.717, 1.165) is 122 Å². The van der Waals surface area contributed by atoms with Crippen molar-refractivity contribution in [2.24, 2.45) is 51.8 Å². The number of fused-ring (bicyclic) bond motifs is 15. The Kier molecular flexibility index (Phi) is 36.3. The van der Waals surface area contributed by atoms with Crippen molar-refractivity contribution >= 4 is 87.6 Å². The Morgan fingerprint density at radius 3 is 1.07 bits per heavy atom. The van der Waals surface area contributed by atoms with Gasteiger partial charge in [-0.1, -0.05) is 122 Å². The molecule has 3 radical (unpaired) electrons. The predicted octanol–water partition coefficient (Wildman–Crippen LogP) is 17.1. The number of hydrogen-bond acceptors (Lipinski definition) is 24. The fourth-order valence-electron chi connectivity index (χ4n) is 21.2. The van der Waals surface area contributed by atoms with Crippen LogP contribution in [0.15, 0.2) is 54.6 Å². The Bertz CT molecular complexity index is 5220. The molecule has 3 amide bonds. The fraction of sp³-hybridized carbons (Fsp3) is 0.676. The van der Waals surface area contributed by atoms with Crippen molar-refractivity contribution in [3.05, 3.63) is 71.7 Å². The third-order valence-electron chi connectivity index (χ3n) is 29.9. The maximum absolute atomic E-state index is 16.9. The molecule has 6 fully saturated rings. The molecule has 18 atom stereocenters. The van der Waals surface area contributed by atoms with Crippen LogP contribution in [0.5, 0.6) is 34.9 Å². The maximum atomic E-state index is 16.9. The second-order valence-corrected chi connectivity index (χ2v) is 41.6. The number of methoxy groups -OCH3 is 3. The Balaban J connectivity index is 0.000000207. The number of nitrogens with zero attached hydrogens (tertiary/aromatic N) is 9. The standard InChI is InChI=1S/C35H47FN3O6.C34H45FN3O6.C33H43FN3O6.3V/c1-7-35(36)28(21-40)39-20-29(35)44-31-26(37-25-16-15-23(43-6)18-27(25)38-31)14-10-8-9-12-22-13-11-17-34(22,5)45-30(41)19-24(32(39)42)33(2,3)4;1-6-34(35)28(20-39)38-19-29(34)44-31-25(36-24-16-15-22(42-5)17-26(24)37-31)13-9-7-8-11-21-12-10-14-27(21)43-30(40)18-23(32(38)41)33(2,3)4;1-7-33(34)26(19-38)37-18-27(33)42-29-24(35-23-14-13-21(41-6)15-25(23)36-29)12-10-8-9-11-20-17-32(20,5)43-28(39)16-22(30(37)40)31(2,3)4;;;/h15-16,18,22,24,28-29H,7-14,17,19-20H2,1-6H3;15-17,21,23,27-29H,6-14,18-19H2,1-5H3;13-15,20,22,26-27H,7-12,16-18H2,1-6H3;;;/q3*-1;;;/t22-,24-,28-,29+,34-,35-;21-,23-,27-,28-,29+,34-;20-,22-,26-,27+,32-,33-;;;/m111.../s1. The van der Waals surface area contributed by atoms with Gasteiger partial charge in [0, 0.05) is 79.8 Å². The molecule has 0 unspecified atom stereocenters. The molecule has 3 saturated carbocycles. The molecule has 735 valence electrons. The van der Waals surface area contributed by atoms with Crippen molar-refractivity contribution in [2.45, 2.75) is 347 Å². The van der Waals surface area contributed by atoms with Gasteiger partial charge in [0.2, 0.25) is 35.4 Å². The van der Waals surface area contributed by atoms with E-state index in [2.05, 4.69) is 0 Å². The number of hydrogen-bond donors (Lipinski definition) is 0. The van der Waals surface area contributed by atoms with Crippen LogP contribution in [0.2, 0.25) is 0 Å². The summed E-state index contributed by atoms with van der Waals surface area (Å²) in [7, 11) is 4.70. The zero-order valence-corrected chi connectivity index (χ0v) is 85.7. The van der Waals surface area contributed by atoms with E-state index in [4.69, 9.17) is 72.5 Å². The number of esters is 3. The van der Waals surface area contributed by atoms with Gasteiger partial charge in [0.05, 0.1) is 111 Å². The van der Waals surface area contributed by atoms with Crippen LogP contribution in [0.1, 0.15) is 275 Å². The molecular weight excluding hydrogens is 1850 g/mol. The normalized spacial score (nSPS) is 30.8. The molecule has 3 aromatic carbocycles. The van der Waals surface area contributed by atoms with E-state index in [9.17, 15) is 43.2 Å². The van der Waals surface area contributed by atoms with Crippen LogP contribution < -0.4 is 28.4 Å². The predicted molar refractivity (Wildman–Crippen MR) is 488 cm³/mol. The fourth-order valence-corrected chi connectivity index (χ4v) is 21.2. The van der Waals surface area contributed by atoms with E-state index in [0.29, 0.717) is 92.6 Å². The molecule has 0 N–H and O–H groups in total. The van der Waals surface area contributed by atoms with Gasteiger partial charge >= 0.3 is 17.9 Å². The smallest absolute Gasteiger partial charge is 0.307 e. The van der Waals surface area contributed by atoms with Crippen LogP contribution >= 0.6 is 0 Å². The van der Waals surface area contributed by atoms with E-state index in [1.54, 1.807) is 66.6 Å². The molecular formula is C102H135F3N9O18V3-3. The summed E-state index contributed by atoms with van der Waals surface area (Å²) in [4.78, 5) is 152. The van der Waals surface area contributed by atoms with E-state index >= 15 is 13.2 Å². The first-order chi connectivity index (χ1) is 62.6. The number of aryl methyl sites for hydroxylation is 3. The summed E-state index contributed by atoms with van der Waals surface area (Å²) in [5, 5.41) is 0. The number of carbonyl (C=O) groups is 6. The minimum absolute atomic E-state index is 0. The molecule has 6 aliphatic heterocycles. The first-order valence-electron chi connectivity index (χ1n) is 47.9. The number of rotatable bonds is 9. The van der Waals surface area contributed by atoms with E-state index in [1.807, 2.05) is 125 Å². The van der Waals surface area contributed by atoms with Crippen molar-refractivity contribution in [3.8, 4) is 34.9 Å². The SMILES string of the molecule is CC[C@]1(F)[C@@H]2CN(C(=O)[C@H](C(C)(C)C)CC(=O)O[C@@H]3CCC[C@H]3CCCCCc3nc4ccc(OC)cc4nc3O2)[C@@H]1[C-]=O.CC[C@]1(F)[C@@H]2CN(C(=O)[C@H](C(C)(C)C)CC(=O)O[C@]3(C)CCC[C@H]3CCCCCc3nc4ccc(OC)cc4nc3O2)[C@@H]1[C-]=O.CC[C@]1(F)[C@@H]2CN(C(=O)[C@H](C(C)(C)C)CC(=O)O[C@]3(C)C[C@H]3CCCCCc3nc4ccc(OC)cc4nc3O2)[C@@H]1[C-]=O.[V].[V].[V]. The van der Waals surface area contributed by atoms with Crippen LogP contribution in [0.25, 0.3) is 33.1 Å². The third kappa shape index (κ3) is 24.0. The molecule has 6 aromatic rings. The molecule has 9 heterocycles. The molecule has 0 spiro atoms. The van der Waals surface area contributed by atoms with Gasteiger partial charge < -0.3 is 71.7 Å². The zero-order chi connectivity index (χ0) is 95.4. The van der Waals surface area contributed by atoms with Crippen LogP contribution in [-0.2, 0) is 132 Å². The molecule has 135 heavy (non-hydrogen) atoms. The molecule has 3 aliphatic carbocycles. The van der Waals surface area contributed by atoms with Gasteiger partial charge in [0.1, 0.15) is 68.6 Å². The molecule has 27 nitrogen and oxygen atoms in total. The van der Waals surface area contributed by atoms with Gasteiger partial charge in [-0.3, -0.25) is 28.8 Å². The molecule has 33 heteroatoms.